The van der Waals surface area contributed by atoms with Crippen LogP contribution in [0.4, 0.5) is 18.9 Å². The Bertz CT molecular complexity index is 802. The molecule has 29 heavy (non-hydrogen) atoms. The molecule has 0 unspecified atom stereocenters. The van der Waals surface area contributed by atoms with Gasteiger partial charge in [-0.1, -0.05) is 18.2 Å². The zero-order chi connectivity index (χ0) is 22.0. The van der Waals surface area contributed by atoms with Gasteiger partial charge in [0.1, 0.15) is 0 Å². The average molecular weight is 418 g/mol. The Kier molecular flexibility index (Phi) is 5.88. The number of alkyl halides is 3. The number of hydrogen-bond donors (Lipinski definition) is 4. The van der Waals surface area contributed by atoms with Crippen molar-refractivity contribution in [3.05, 3.63) is 30.3 Å². The van der Waals surface area contributed by atoms with E-state index in [4.69, 9.17) is 9.90 Å². The Morgan fingerprint density at radius 2 is 1.41 bits per heavy atom. The molecule has 1 aromatic carbocycles. The maximum atomic E-state index is 12.0. The molecule has 0 spiro atoms. The normalized spacial score (nSPS) is 25.2. The first-order valence-corrected chi connectivity index (χ1v) is 8.18. The summed E-state index contributed by atoms with van der Waals surface area (Å²) in [5.74, 6) is -5.23. The molecule has 2 aliphatic rings. The number of anilines is 1. The first kappa shape index (κ1) is 22.1. The van der Waals surface area contributed by atoms with Crippen LogP contribution in [0.1, 0.15) is 6.42 Å². The third-order valence-electron chi connectivity index (χ3n) is 4.87. The summed E-state index contributed by atoms with van der Waals surface area (Å²) >= 11 is 0. The highest BCUT2D eigenvalue weighted by Crippen LogP contribution is 2.68. The summed E-state index contributed by atoms with van der Waals surface area (Å²) in [6.07, 6.45) is -4.94. The van der Waals surface area contributed by atoms with Crippen LogP contribution in [0, 0.1) is 10.8 Å². The molecule has 1 saturated heterocycles. The quantitative estimate of drug-likeness (QED) is 0.557. The summed E-state index contributed by atoms with van der Waals surface area (Å²) in [6.45, 7) is 0.173. The van der Waals surface area contributed by atoms with Gasteiger partial charge < -0.3 is 20.6 Å². The Morgan fingerprint density at radius 3 is 1.79 bits per heavy atom. The van der Waals surface area contributed by atoms with Gasteiger partial charge in [-0.2, -0.15) is 13.2 Å². The van der Waals surface area contributed by atoms with Crippen LogP contribution in [0.25, 0.3) is 0 Å². The number of hydrogen-bond acceptors (Lipinski definition) is 5. The number of aliphatic carboxylic acids is 3. The third kappa shape index (κ3) is 4.47. The Labute approximate surface area is 161 Å². The zero-order valence-electron chi connectivity index (χ0n) is 14.8. The van der Waals surface area contributed by atoms with Gasteiger partial charge in [-0.15, -0.1) is 0 Å². The second-order valence-electron chi connectivity index (χ2n) is 6.81. The van der Waals surface area contributed by atoms with E-state index in [1.165, 1.54) is 0 Å². The second-order valence-corrected chi connectivity index (χ2v) is 6.81. The molecule has 4 N–H and O–H groups in total. The van der Waals surface area contributed by atoms with Crippen LogP contribution in [0.5, 0.6) is 0 Å². The molecular weight excluding hydrogens is 401 g/mol. The highest BCUT2D eigenvalue weighted by atomic mass is 19.4. The number of likely N-dealkylation sites (tertiary alicyclic amines) is 1. The molecule has 1 aromatic rings. The summed E-state index contributed by atoms with van der Waals surface area (Å²) in [5.41, 5.74) is -1.84. The van der Waals surface area contributed by atoms with Crippen molar-refractivity contribution < 1.29 is 47.7 Å². The monoisotopic (exact) mass is 418 g/mol. The second kappa shape index (κ2) is 7.70. The first-order chi connectivity index (χ1) is 13.3. The zero-order valence-corrected chi connectivity index (χ0v) is 14.8. The fourth-order valence-corrected chi connectivity index (χ4v) is 3.44. The lowest BCUT2D eigenvalue weighted by Crippen LogP contribution is -2.35. The SMILES string of the molecule is O=C(CN1C[C@@]2(C(=O)O)C[C@@]2(C(=O)O)C1)Nc1ccccc1.O=C(O)C(F)(F)F. The molecule has 3 rings (SSSR count). The topological polar surface area (TPSA) is 144 Å². The van der Waals surface area contributed by atoms with E-state index in [0.29, 0.717) is 5.69 Å². The predicted molar refractivity (Wildman–Crippen MR) is 90.0 cm³/mol. The van der Waals surface area contributed by atoms with Crippen molar-refractivity contribution in [1.29, 1.82) is 0 Å². The van der Waals surface area contributed by atoms with Gasteiger partial charge in [0, 0.05) is 18.8 Å². The van der Waals surface area contributed by atoms with Crippen molar-refractivity contribution in [2.24, 2.45) is 10.8 Å². The first-order valence-electron chi connectivity index (χ1n) is 8.18. The summed E-state index contributed by atoms with van der Waals surface area (Å²) in [5, 5.41) is 28.5. The molecule has 1 amide bonds. The number of amides is 1. The molecule has 158 valence electrons. The molecule has 1 heterocycles. The van der Waals surface area contributed by atoms with E-state index < -0.39 is 34.9 Å². The van der Waals surface area contributed by atoms with Gasteiger partial charge in [-0.05, 0) is 18.6 Å². The fraction of sp³-hybridized carbons (Fsp3) is 0.412. The Morgan fingerprint density at radius 1 is 0.966 bits per heavy atom. The number of benzene rings is 1. The number of para-hydroxylation sites is 1. The number of carbonyl (C=O) groups excluding carboxylic acids is 1. The van der Waals surface area contributed by atoms with E-state index in [1.54, 1.807) is 29.2 Å². The molecule has 1 aliphatic carbocycles. The van der Waals surface area contributed by atoms with Crippen LogP contribution in [0.2, 0.25) is 0 Å². The van der Waals surface area contributed by atoms with E-state index in [9.17, 15) is 37.8 Å². The largest absolute Gasteiger partial charge is 0.490 e. The molecule has 9 nitrogen and oxygen atoms in total. The molecule has 0 aromatic heterocycles. The van der Waals surface area contributed by atoms with E-state index in [0.717, 1.165) is 0 Å². The van der Waals surface area contributed by atoms with Gasteiger partial charge in [0.25, 0.3) is 0 Å². The predicted octanol–water partition coefficient (Wildman–Crippen LogP) is 1.12. The number of carboxylic acid groups (broad SMARTS) is 3. The van der Waals surface area contributed by atoms with Crippen molar-refractivity contribution in [2.75, 3.05) is 25.0 Å². The Hall–Kier alpha value is -3.15. The van der Waals surface area contributed by atoms with Gasteiger partial charge in [-0.25, -0.2) is 4.79 Å². The van der Waals surface area contributed by atoms with Crippen LogP contribution >= 0.6 is 0 Å². The van der Waals surface area contributed by atoms with E-state index >= 15 is 0 Å². The summed E-state index contributed by atoms with van der Waals surface area (Å²) in [7, 11) is 0. The van der Waals surface area contributed by atoms with Crippen LogP contribution in [0.3, 0.4) is 0 Å². The van der Waals surface area contributed by atoms with Crippen LogP contribution in [0.15, 0.2) is 30.3 Å². The third-order valence-corrected chi connectivity index (χ3v) is 4.87. The molecule has 12 heteroatoms. The van der Waals surface area contributed by atoms with Crippen molar-refractivity contribution >= 4 is 29.5 Å². The molecule has 0 radical (unpaired) electrons. The highest BCUT2D eigenvalue weighted by molar-refractivity contribution is 5.96. The molecular formula is C17H17F3N2O7. The van der Waals surface area contributed by atoms with Gasteiger partial charge in [0.2, 0.25) is 5.91 Å². The van der Waals surface area contributed by atoms with Gasteiger partial charge in [0.15, 0.2) is 0 Å². The van der Waals surface area contributed by atoms with E-state index in [-0.39, 0.29) is 32.0 Å². The molecule has 2 fully saturated rings. The van der Waals surface area contributed by atoms with Crippen LogP contribution in [-0.4, -0.2) is 69.8 Å². The molecule has 0 bridgehead atoms. The summed E-state index contributed by atoms with van der Waals surface area (Å²) in [6, 6.07) is 8.91. The maximum Gasteiger partial charge on any atom is 0.490 e. The lowest BCUT2D eigenvalue weighted by Gasteiger charge is -2.18. The van der Waals surface area contributed by atoms with Gasteiger partial charge >= 0.3 is 24.1 Å². The van der Waals surface area contributed by atoms with Crippen LogP contribution < -0.4 is 5.32 Å². The van der Waals surface area contributed by atoms with Crippen molar-refractivity contribution in [1.82, 2.24) is 4.90 Å². The van der Waals surface area contributed by atoms with E-state index in [1.807, 2.05) is 6.07 Å². The number of rotatable bonds is 5. The lowest BCUT2D eigenvalue weighted by molar-refractivity contribution is -0.192. The number of halogens is 3. The van der Waals surface area contributed by atoms with Gasteiger partial charge in [-0.3, -0.25) is 19.3 Å². The van der Waals surface area contributed by atoms with Crippen molar-refractivity contribution in [3.8, 4) is 0 Å². The van der Waals surface area contributed by atoms with Crippen molar-refractivity contribution in [3.63, 3.8) is 0 Å². The lowest BCUT2D eigenvalue weighted by atomic mass is 9.97. The number of nitrogens with one attached hydrogen (secondary N) is 1. The van der Waals surface area contributed by atoms with Crippen molar-refractivity contribution in [2.45, 2.75) is 12.6 Å². The number of nitrogens with zero attached hydrogens (tertiary/aromatic N) is 1. The Balaban J connectivity index is 0.000000370. The highest BCUT2D eigenvalue weighted by Gasteiger charge is 2.80. The fourth-order valence-electron chi connectivity index (χ4n) is 3.44. The number of carbonyl (C=O) groups is 4. The standard InChI is InChI=1S/C15H16N2O5.C2HF3O2/c18-11(16-10-4-2-1-3-5-10)6-17-8-14(12(19)20)7-15(14,9-17)13(21)22;3-2(4,5)1(6)7/h1-5H,6-9H2,(H,16,18)(H,19,20)(H,21,22);(H,6,7)/t14-,15+;. The molecule has 1 saturated carbocycles. The van der Waals surface area contributed by atoms with E-state index in [2.05, 4.69) is 5.32 Å². The average Bonchev–Trinajstić information content (AvgIpc) is 3.14. The number of fused-ring (bicyclic) bond motifs is 1. The van der Waals surface area contributed by atoms with Crippen LogP contribution in [-0.2, 0) is 19.2 Å². The summed E-state index contributed by atoms with van der Waals surface area (Å²) in [4.78, 5) is 45.3. The minimum absolute atomic E-state index is 0.0149. The number of carboxylic acids is 3. The smallest absolute Gasteiger partial charge is 0.481 e. The minimum atomic E-state index is -5.08. The van der Waals surface area contributed by atoms with Gasteiger partial charge in [0.05, 0.1) is 17.4 Å². The maximum absolute atomic E-state index is 12.0. The molecule has 1 aliphatic heterocycles. The summed E-state index contributed by atoms with van der Waals surface area (Å²) < 4.78 is 31.7. The molecule has 2 atom stereocenters. The number of piperidine rings is 1. The minimum Gasteiger partial charge on any atom is -0.481 e.